The largest absolute Gasteiger partial charge is 0.352 e. The topological polar surface area (TPSA) is 32.3 Å². The van der Waals surface area contributed by atoms with E-state index in [1.807, 2.05) is 18.2 Å². The maximum atomic E-state index is 6.14. The summed E-state index contributed by atoms with van der Waals surface area (Å²) in [5.41, 5.74) is 0.917. The number of rotatable bonds is 2. The molecule has 0 bridgehead atoms. The third-order valence-corrected chi connectivity index (χ3v) is 4.37. The lowest BCUT2D eigenvalue weighted by molar-refractivity contribution is 0.328. The number of nitrogens with zero attached hydrogens (tertiary/aromatic N) is 4. The normalized spacial score (nSPS) is 20.7. The first-order valence-corrected chi connectivity index (χ1v) is 7.94. The summed E-state index contributed by atoms with van der Waals surface area (Å²) in [6, 6.07) is 8.57. The van der Waals surface area contributed by atoms with Crippen LogP contribution in [-0.2, 0) is 0 Å². The minimum atomic E-state index is 0.330. The average molecular weight is 305 g/mol. The Hall–Kier alpha value is -1.39. The molecule has 1 saturated heterocycles. The third kappa shape index (κ3) is 2.97. The van der Waals surface area contributed by atoms with Crippen LogP contribution in [0.5, 0.6) is 0 Å². The quantitative estimate of drug-likeness (QED) is 0.798. The molecule has 21 heavy (non-hydrogen) atoms. The summed E-state index contributed by atoms with van der Waals surface area (Å²) in [5, 5.41) is 1.42. The van der Waals surface area contributed by atoms with Gasteiger partial charge in [0.05, 0.1) is 5.52 Å². The van der Waals surface area contributed by atoms with Crippen molar-refractivity contribution in [1.29, 1.82) is 0 Å². The fourth-order valence-corrected chi connectivity index (χ4v) is 3.29. The van der Waals surface area contributed by atoms with Gasteiger partial charge in [0, 0.05) is 24.5 Å². The van der Waals surface area contributed by atoms with Gasteiger partial charge in [-0.25, -0.2) is 4.98 Å². The van der Waals surface area contributed by atoms with Gasteiger partial charge in [-0.3, -0.25) is 0 Å². The Balaban J connectivity index is 2.09. The van der Waals surface area contributed by atoms with Crippen LogP contribution in [-0.4, -0.2) is 47.6 Å². The van der Waals surface area contributed by atoms with Crippen LogP contribution in [0.2, 0.25) is 5.28 Å². The van der Waals surface area contributed by atoms with Crippen LogP contribution in [0.3, 0.4) is 0 Å². The Kier molecular flexibility index (Phi) is 4.27. The van der Waals surface area contributed by atoms with E-state index in [-0.39, 0.29) is 0 Å². The van der Waals surface area contributed by atoms with E-state index in [1.54, 1.807) is 0 Å². The van der Waals surface area contributed by atoms with Crippen molar-refractivity contribution in [2.45, 2.75) is 25.8 Å². The molecule has 0 spiro atoms. The second-order valence-corrected chi connectivity index (χ2v) is 6.04. The molecule has 0 aliphatic carbocycles. The number of aromatic nitrogens is 2. The number of anilines is 1. The number of hydrogen-bond donors (Lipinski definition) is 0. The van der Waals surface area contributed by atoms with Crippen LogP contribution in [0.4, 0.5) is 5.82 Å². The molecule has 4 nitrogen and oxygen atoms in total. The Morgan fingerprint density at radius 1 is 1.24 bits per heavy atom. The molecule has 1 aliphatic heterocycles. The van der Waals surface area contributed by atoms with Crippen molar-refractivity contribution < 1.29 is 0 Å². The van der Waals surface area contributed by atoms with E-state index in [2.05, 4.69) is 39.8 Å². The summed E-state index contributed by atoms with van der Waals surface area (Å²) in [6.45, 7) is 5.44. The Morgan fingerprint density at radius 2 is 2.05 bits per heavy atom. The average Bonchev–Trinajstić information content (AvgIpc) is 2.67. The second kappa shape index (κ2) is 6.16. The molecule has 1 aromatic carbocycles. The fourth-order valence-electron chi connectivity index (χ4n) is 3.12. The zero-order valence-corrected chi connectivity index (χ0v) is 13.3. The maximum Gasteiger partial charge on any atom is 0.224 e. The van der Waals surface area contributed by atoms with Gasteiger partial charge >= 0.3 is 0 Å². The minimum Gasteiger partial charge on any atom is -0.352 e. The molecule has 0 amide bonds. The number of hydrogen-bond acceptors (Lipinski definition) is 4. The van der Waals surface area contributed by atoms with Crippen molar-refractivity contribution in [3.8, 4) is 0 Å². The van der Waals surface area contributed by atoms with Gasteiger partial charge in [0.2, 0.25) is 5.28 Å². The summed E-state index contributed by atoms with van der Waals surface area (Å²) in [7, 11) is 2.19. The number of fused-ring (bicyclic) bond motifs is 1. The van der Waals surface area contributed by atoms with Crippen LogP contribution in [0.25, 0.3) is 10.9 Å². The predicted octanol–water partition coefficient (Wildman–Crippen LogP) is 3.20. The predicted molar refractivity (Wildman–Crippen MR) is 88.1 cm³/mol. The van der Waals surface area contributed by atoms with Gasteiger partial charge in [0.25, 0.3) is 0 Å². The van der Waals surface area contributed by atoms with Crippen molar-refractivity contribution in [2.24, 2.45) is 0 Å². The molecule has 5 heteroatoms. The highest BCUT2D eigenvalue weighted by Gasteiger charge is 2.25. The van der Waals surface area contributed by atoms with E-state index >= 15 is 0 Å². The first kappa shape index (κ1) is 14.5. The van der Waals surface area contributed by atoms with E-state index in [9.17, 15) is 0 Å². The van der Waals surface area contributed by atoms with E-state index in [0.717, 1.165) is 49.2 Å². The molecule has 0 N–H and O–H groups in total. The zero-order valence-electron chi connectivity index (χ0n) is 12.6. The molecule has 1 aromatic heterocycles. The molecular formula is C16H21ClN4. The second-order valence-electron chi connectivity index (χ2n) is 5.70. The fraction of sp³-hybridized carbons (Fsp3) is 0.500. The lowest BCUT2D eigenvalue weighted by atomic mass is 10.1. The smallest absolute Gasteiger partial charge is 0.224 e. The van der Waals surface area contributed by atoms with Gasteiger partial charge in [0.1, 0.15) is 5.82 Å². The maximum absolute atomic E-state index is 6.14. The lowest BCUT2D eigenvalue weighted by Gasteiger charge is -2.32. The Morgan fingerprint density at radius 3 is 2.86 bits per heavy atom. The summed E-state index contributed by atoms with van der Waals surface area (Å²) in [6.07, 6.45) is 2.24. The van der Waals surface area contributed by atoms with Crippen molar-refractivity contribution in [2.75, 3.05) is 31.6 Å². The van der Waals surface area contributed by atoms with E-state index in [4.69, 9.17) is 11.6 Å². The van der Waals surface area contributed by atoms with E-state index in [1.165, 1.54) is 0 Å². The van der Waals surface area contributed by atoms with Gasteiger partial charge in [-0.2, -0.15) is 4.98 Å². The molecule has 112 valence electrons. The van der Waals surface area contributed by atoms with Crippen LogP contribution in [0.15, 0.2) is 24.3 Å². The van der Waals surface area contributed by atoms with E-state index < -0.39 is 0 Å². The molecule has 2 heterocycles. The SMILES string of the molecule is CCC1CN(C)CCCN1c1nc(Cl)nc2ccccc12. The van der Waals surface area contributed by atoms with E-state index in [0.29, 0.717) is 11.3 Å². The van der Waals surface area contributed by atoms with Crippen LogP contribution in [0, 0.1) is 0 Å². The molecule has 1 fully saturated rings. The summed E-state index contributed by atoms with van der Waals surface area (Å²) < 4.78 is 0. The van der Waals surface area contributed by atoms with Gasteiger partial charge in [0.15, 0.2) is 0 Å². The number of likely N-dealkylation sites (N-methyl/N-ethyl adjacent to an activating group) is 1. The molecule has 0 saturated carbocycles. The van der Waals surface area contributed by atoms with Gasteiger partial charge in [-0.05, 0) is 50.2 Å². The first-order chi connectivity index (χ1) is 10.2. The molecule has 1 atom stereocenters. The summed E-state index contributed by atoms with van der Waals surface area (Å²) in [5.74, 6) is 0.979. The number of para-hydroxylation sites is 1. The molecule has 1 aliphatic rings. The third-order valence-electron chi connectivity index (χ3n) is 4.20. The molecule has 0 radical (unpaired) electrons. The Labute approximate surface area is 130 Å². The highest BCUT2D eigenvalue weighted by atomic mass is 35.5. The molecule has 2 aromatic rings. The standard InChI is InChI=1S/C16H21ClN4/c1-3-12-11-20(2)9-6-10-21(12)15-13-7-4-5-8-14(13)18-16(17)19-15/h4-5,7-8,12H,3,6,9-11H2,1-2H3. The highest BCUT2D eigenvalue weighted by Crippen LogP contribution is 2.28. The van der Waals surface area contributed by atoms with Crippen LogP contribution in [0.1, 0.15) is 19.8 Å². The Bertz CT molecular complexity index is 631. The van der Waals surface area contributed by atoms with Gasteiger partial charge in [-0.15, -0.1) is 0 Å². The lowest BCUT2D eigenvalue weighted by Crippen LogP contribution is -2.40. The molecule has 1 unspecified atom stereocenters. The summed E-state index contributed by atoms with van der Waals surface area (Å²) in [4.78, 5) is 13.7. The zero-order chi connectivity index (χ0) is 14.8. The van der Waals surface area contributed by atoms with Crippen LogP contribution < -0.4 is 4.90 Å². The van der Waals surface area contributed by atoms with Gasteiger partial charge in [-0.1, -0.05) is 19.1 Å². The monoisotopic (exact) mass is 304 g/mol. The number of halogens is 1. The highest BCUT2D eigenvalue weighted by molar-refractivity contribution is 6.28. The van der Waals surface area contributed by atoms with Gasteiger partial charge < -0.3 is 9.80 Å². The number of benzene rings is 1. The minimum absolute atomic E-state index is 0.330. The van der Waals surface area contributed by atoms with Crippen molar-refractivity contribution in [1.82, 2.24) is 14.9 Å². The first-order valence-electron chi connectivity index (χ1n) is 7.56. The molecule has 3 rings (SSSR count). The van der Waals surface area contributed by atoms with Crippen LogP contribution >= 0.6 is 11.6 Å². The van der Waals surface area contributed by atoms with Crippen molar-refractivity contribution >= 4 is 28.3 Å². The van der Waals surface area contributed by atoms with Crippen molar-refractivity contribution in [3.63, 3.8) is 0 Å². The van der Waals surface area contributed by atoms with Crippen molar-refractivity contribution in [3.05, 3.63) is 29.5 Å². The molecular weight excluding hydrogens is 284 g/mol. The summed E-state index contributed by atoms with van der Waals surface area (Å²) >= 11 is 6.14.